The van der Waals surface area contributed by atoms with Gasteiger partial charge in [-0.25, -0.2) is 9.78 Å². The van der Waals surface area contributed by atoms with E-state index in [4.69, 9.17) is 9.15 Å². The summed E-state index contributed by atoms with van der Waals surface area (Å²) in [5.74, 6) is 0.102. The molecule has 0 aliphatic carbocycles. The molecule has 4 rings (SSSR count). The Morgan fingerprint density at radius 1 is 0.964 bits per heavy atom. The summed E-state index contributed by atoms with van der Waals surface area (Å²) < 4.78 is 11.2. The van der Waals surface area contributed by atoms with Gasteiger partial charge in [0.05, 0.1) is 5.56 Å². The maximum Gasteiger partial charge on any atom is 0.343 e. The summed E-state index contributed by atoms with van der Waals surface area (Å²) in [7, 11) is 0. The van der Waals surface area contributed by atoms with Crippen LogP contribution in [0.5, 0.6) is 5.75 Å². The lowest BCUT2D eigenvalue weighted by molar-refractivity contribution is -0.114. The largest absolute Gasteiger partial charge is 0.436 e. The number of rotatable bonds is 4. The maximum absolute atomic E-state index is 12.4. The molecule has 0 bridgehead atoms. The number of amides is 1. The number of nitrogens with zero attached hydrogens (tertiary/aromatic N) is 1. The van der Waals surface area contributed by atoms with Crippen LogP contribution in [-0.4, -0.2) is 16.9 Å². The van der Waals surface area contributed by atoms with Crippen LogP contribution in [0.3, 0.4) is 0 Å². The number of aromatic nitrogens is 1. The molecule has 0 unspecified atom stereocenters. The molecular weight excluding hydrogens is 356 g/mol. The van der Waals surface area contributed by atoms with Crippen LogP contribution in [0.2, 0.25) is 0 Å². The molecule has 6 heteroatoms. The molecule has 0 saturated carbocycles. The molecule has 1 amide bonds. The van der Waals surface area contributed by atoms with E-state index in [9.17, 15) is 9.59 Å². The van der Waals surface area contributed by atoms with Gasteiger partial charge in [-0.3, -0.25) is 4.79 Å². The summed E-state index contributed by atoms with van der Waals surface area (Å²) in [6.07, 6.45) is 0. The van der Waals surface area contributed by atoms with E-state index in [0.717, 1.165) is 5.56 Å². The molecular formula is C22H16N2O4. The topological polar surface area (TPSA) is 81.4 Å². The summed E-state index contributed by atoms with van der Waals surface area (Å²) in [6.45, 7) is 1.40. The van der Waals surface area contributed by atoms with Gasteiger partial charge in [-0.15, -0.1) is 0 Å². The number of hydrogen-bond acceptors (Lipinski definition) is 5. The molecule has 0 radical (unpaired) electrons. The molecule has 0 fully saturated rings. The van der Waals surface area contributed by atoms with E-state index in [2.05, 4.69) is 10.3 Å². The monoisotopic (exact) mass is 372 g/mol. The molecule has 0 atom stereocenters. The fourth-order valence-corrected chi connectivity index (χ4v) is 2.77. The number of benzene rings is 3. The molecule has 0 aliphatic heterocycles. The number of fused-ring (bicyclic) bond motifs is 1. The Bertz CT molecular complexity index is 1170. The van der Waals surface area contributed by atoms with Crippen molar-refractivity contribution < 1.29 is 18.7 Å². The van der Waals surface area contributed by atoms with Crippen LogP contribution >= 0.6 is 0 Å². The first-order valence-electron chi connectivity index (χ1n) is 8.64. The van der Waals surface area contributed by atoms with Crippen LogP contribution in [0, 0.1) is 0 Å². The van der Waals surface area contributed by atoms with E-state index in [0.29, 0.717) is 34.0 Å². The smallest absolute Gasteiger partial charge is 0.343 e. The van der Waals surface area contributed by atoms with Gasteiger partial charge in [-0.2, -0.15) is 0 Å². The molecule has 0 aliphatic rings. The van der Waals surface area contributed by atoms with E-state index in [1.54, 1.807) is 42.5 Å². The highest BCUT2D eigenvalue weighted by atomic mass is 16.5. The molecule has 1 N–H and O–H groups in total. The van der Waals surface area contributed by atoms with E-state index in [-0.39, 0.29) is 5.91 Å². The van der Waals surface area contributed by atoms with Crippen molar-refractivity contribution in [2.24, 2.45) is 0 Å². The second kappa shape index (κ2) is 7.36. The predicted molar refractivity (Wildman–Crippen MR) is 105 cm³/mol. The molecule has 3 aromatic carbocycles. The third-order valence-electron chi connectivity index (χ3n) is 4.01. The van der Waals surface area contributed by atoms with Crippen LogP contribution < -0.4 is 10.1 Å². The lowest BCUT2D eigenvalue weighted by atomic mass is 10.2. The first kappa shape index (κ1) is 17.5. The van der Waals surface area contributed by atoms with Gasteiger partial charge in [-0.1, -0.05) is 24.3 Å². The third kappa shape index (κ3) is 3.76. The first-order chi connectivity index (χ1) is 13.6. The second-order valence-electron chi connectivity index (χ2n) is 6.17. The molecule has 4 aromatic rings. The minimum absolute atomic E-state index is 0.212. The van der Waals surface area contributed by atoms with E-state index in [1.165, 1.54) is 6.92 Å². The van der Waals surface area contributed by atoms with Gasteiger partial charge in [0, 0.05) is 24.2 Å². The van der Waals surface area contributed by atoms with Crippen molar-refractivity contribution >= 4 is 28.7 Å². The lowest BCUT2D eigenvalue weighted by Gasteiger charge is -2.06. The number of esters is 1. The molecule has 6 nitrogen and oxygen atoms in total. The zero-order chi connectivity index (χ0) is 19.5. The van der Waals surface area contributed by atoms with Crippen LogP contribution in [0.25, 0.3) is 22.6 Å². The number of carbonyl (C=O) groups excluding carboxylic acids is 2. The van der Waals surface area contributed by atoms with Crippen molar-refractivity contribution in [2.45, 2.75) is 6.92 Å². The molecule has 28 heavy (non-hydrogen) atoms. The summed E-state index contributed by atoms with van der Waals surface area (Å²) in [5.41, 5.74) is 2.92. The summed E-state index contributed by atoms with van der Waals surface area (Å²) >= 11 is 0. The Morgan fingerprint density at radius 2 is 1.79 bits per heavy atom. The van der Waals surface area contributed by atoms with E-state index in [1.807, 2.05) is 30.3 Å². The number of hydrogen-bond donors (Lipinski definition) is 1. The van der Waals surface area contributed by atoms with E-state index < -0.39 is 5.97 Å². The number of carbonyl (C=O) groups is 2. The third-order valence-corrected chi connectivity index (χ3v) is 4.01. The highest BCUT2D eigenvalue weighted by Gasteiger charge is 2.13. The number of anilines is 1. The van der Waals surface area contributed by atoms with Crippen molar-refractivity contribution in [1.82, 2.24) is 4.98 Å². The van der Waals surface area contributed by atoms with Crippen molar-refractivity contribution in [3.8, 4) is 17.2 Å². The van der Waals surface area contributed by atoms with Gasteiger partial charge < -0.3 is 14.5 Å². The fraction of sp³-hybridized carbons (Fsp3) is 0.0455. The average molecular weight is 372 g/mol. The minimum Gasteiger partial charge on any atom is -0.436 e. The summed E-state index contributed by atoms with van der Waals surface area (Å²) in [6, 6.07) is 21.1. The number of ether oxygens (including phenoxy) is 1. The quantitative estimate of drug-likeness (QED) is 0.416. The lowest BCUT2D eigenvalue weighted by Crippen LogP contribution is -2.10. The van der Waals surface area contributed by atoms with Gasteiger partial charge >= 0.3 is 5.97 Å². The van der Waals surface area contributed by atoms with Gasteiger partial charge in [0.1, 0.15) is 11.3 Å². The van der Waals surface area contributed by atoms with Crippen LogP contribution in [-0.2, 0) is 4.79 Å². The molecule has 138 valence electrons. The Hall–Kier alpha value is -3.93. The van der Waals surface area contributed by atoms with Crippen molar-refractivity contribution in [1.29, 1.82) is 0 Å². The van der Waals surface area contributed by atoms with Crippen LogP contribution in [0.1, 0.15) is 17.3 Å². The SMILES string of the molecule is CC(=O)Nc1cccc(C(=O)Oc2ccc3nc(-c4ccccc4)oc3c2)c1. The fourth-order valence-electron chi connectivity index (χ4n) is 2.77. The van der Waals surface area contributed by atoms with E-state index >= 15 is 0 Å². The first-order valence-corrected chi connectivity index (χ1v) is 8.64. The van der Waals surface area contributed by atoms with Gasteiger partial charge in [-0.05, 0) is 42.5 Å². The summed E-state index contributed by atoms with van der Waals surface area (Å²) in [4.78, 5) is 28.1. The molecule has 1 heterocycles. The molecule has 1 aromatic heterocycles. The van der Waals surface area contributed by atoms with Crippen LogP contribution in [0.4, 0.5) is 5.69 Å². The van der Waals surface area contributed by atoms with Gasteiger partial charge in [0.2, 0.25) is 11.8 Å². The normalized spacial score (nSPS) is 10.6. The Morgan fingerprint density at radius 3 is 2.57 bits per heavy atom. The van der Waals surface area contributed by atoms with Gasteiger partial charge in [0.15, 0.2) is 5.58 Å². The highest BCUT2D eigenvalue weighted by molar-refractivity contribution is 5.95. The Balaban J connectivity index is 1.56. The van der Waals surface area contributed by atoms with Gasteiger partial charge in [0.25, 0.3) is 0 Å². The Kier molecular flexibility index (Phi) is 4.60. The zero-order valence-electron chi connectivity index (χ0n) is 15.0. The van der Waals surface area contributed by atoms with Crippen molar-refractivity contribution in [2.75, 3.05) is 5.32 Å². The highest BCUT2D eigenvalue weighted by Crippen LogP contribution is 2.27. The predicted octanol–water partition coefficient (Wildman–Crippen LogP) is 4.67. The minimum atomic E-state index is -0.533. The standard InChI is InChI=1S/C22H16N2O4/c1-14(25)23-17-9-5-8-16(12-17)22(26)27-18-10-11-19-20(13-18)28-21(24-19)15-6-3-2-4-7-15/h2-13H,1H3,(H,23,25). The summed E-state index contributed by atoms with van der Waals surface area (Å²) in [5, 5.41) is 2.64. The molecule has 0 spiro atoms. The number of nitrogens with one attached hydrogen (secondary N) is 1. The van der Waals surface area contributed by atoms with Crippen molar-refractivity contribution in [3.05, 3.63) is 78.4 Å². The van der Waals surface area contributed by atoms with Crippen LogP contribution in [0.15, 0.2) is 77.2 Å². The Labute approximate surface area is 160 Å². The zero-order valence-corrected chi connectivity index (χ0v) is 15.0. The second-order valence-corrected chi connectivity index (χ2v) is 6.17. The number of oxazole rings is 1. The average Bonchev–Trinajstić information content (AvgIpc) is 3.12. The van der Waals surface area contributed by atoms with Crippen molar-refractivity contribution in [3.63, 3.8) is 0 Å². The molecule has 0 saturated heterocycles. The maximum atomic E-state index is 12.4.